The van der Waals surface area contributed by atoms with Crippen LogP contribution in [0.1, 0.15) is 11.1 Å². The molecular weight excluding hydrogens is 296 g/mol. The molecule has 0 aliphatic heterocycles. The number of rotatable bonds is 6. The first kappa shape index (κ1) is 16.1. The number of hydrogen-bond donors (Lipinski definition) is 1. The van der Waals surface area contributed by atoms with E-state index in [0.29, 0.717) is 0 Å². The van der Waals surface area contributed by atoms with Crippen LogP contribution >= 0.6 is 11.8 Å². The van der Waals surface area contributed by atoms with Crippen molar-refractivity contribution in [1.29, 1.82) is 0 Å². The molecule has 4 nitrogen and oxygen atoms in total. The summed E-state index contributed by atoms with van der Waals surface area (Å²) in [4.78, 5) is 18.0. The Kier molecular flexibility index (Phi) is 6.03. The average molecular weight is 314 g/mol. The lowest BCUT2D eigenvalue weighted by molar-refractivity contribution is -0.114. The lowest BCUT2D eigenvalue weighted by Crippen LogP contribution is -2.29. The Morgan fingerprint density at radius 2 is 1.82 bits per heavy atom. The first-order chi connectivity index (χ1) is 10.8. The Balaban J connectivity index is 2.26. The standard InChI is InChI=1S/C17H18N2O2S/c1-18-17(20)16(19-21-2)15-11-7-6-8-13(15)12-22-14-9-4-3-5-10-14/h3-11H,12H2,1-2H3,(H,18,20). The molecule has 0 saturated carbocycles. The number of nitrogens with zero attached hydrogens (tertiary/aromatic N) is 1. The number of hydrogen-bond acceptors (Lipinski definition) is 4. The van der Waals surface area contributed by atoms with Crippen LogP contribution in [0, 0.1) is 0 Å². The number of benzene rings is 2. The van der Waals surface area contributed by atoms with Crippen LogP contribution in [0.25, 0.3) is 0 Å². The van der Waals surface area contributed by atoms with Crippen molar-refractivity contribution in [2.24, 2.45) is 5.16 Å². The molecule has 2 aromatic rings. The van der Waals surface area contributed by atoms with E-state index in [9.17, 15) is 4.79 Å². The van der Waals surface area contributed by atoms with Gasteiger partial charge in [-0.15, -0.1) is 11.8 Å². The van der Waals surface area contributed by atoms with Gasteiger partial charge in [0.2, 0.25) is 0 Å². The van der Waals surface area contributed by atoms with E-state index < -0.39 is 0 Å². The van der Waals surface area contributed by atoms with Gasteiger partial charge in [-0.25, -0.2) is 0 Å². The zero-order valence-electron chi connectivity index (χ0n) is 12.6. The van der Waals surface area contributed by atoms with Crippen molar-refractivity contribution in [3.63, 3.8) is 0 Å². The topological polar surface area (TPSA) is 50.7 Å². The van der Waals surface area contributed by atoms with E-state index in [1.54, 1.807) is 18.8 Å². The van der Waals surface area contributed by atoms with Gasteiger partial charge in [-0.2, -0.15) is 0 Å². The van der Waals surface area contributed by atoms with Crippen LogP contribution in [0.3, 0.4) is 0 Å². The molecule has 0 unspecified atom stereocenters. The van der Waals surface area contributed by atoms with Gasteiger partial charge in [0.1, 0.15) is 7.11 Å². The smallest absolute Gasteiger partial charge is 0.273 e. The summed E-state index contributed by atoms with van der Waals surface area (Å²) in [5.41, 5.74) is 2.11. The van der Waals surface area contributed by atoms with Crippen LogP contribution in [0.5, 0.6) is 0 Å². The third-order valence-electron chi connectivity index (χ3n) is 3.03. The molecule has 1 amide bonds. The Morgan fingerprint density at radius 1 is 1.14 bits per heavy atom. The van der Waals surface area contributed by atoms with Crippen molar-refractivity contribution >= 4 is 23.4 Å². The van der Waals surface area contributed by atoms with Crippen molar-refractivity contribution in [2.75, 3.05) is 14.2 Å². The Hall–Kier alpha value is -2.27. The summed E-state index contributed by atoms with van der Waals surface area (Å²) in [6.45, 7) is 0. The molecule has 114 valence electrons. The number of amides is 1. The van der Waals surface area contributed by atoms with Crippen molar-refractivity contribution in [3.8, 4) is 0 Å². The molecule has 0 fully saturated rings. The van der Waals surface area contributed by atoms with Gasteiger partial charge in [-0.05, 0) is 17.7 Å². The highest BCUT2D eigenvalue weighted by atomic mass is 32.2. The molecule has 2 aromatic carbocycles. The Morgan fingerprint density at radius 3 is 2.50 bits per heavy atom. The second-order valence-electron chi connectivity index (χ2n) is 4.46. The van der Waals surface area contributed by atoms with Crippen molar-refractivity contribution < 1.29 is 9.63 Å². The summed E-state index contributed by atoms with van der Waals surface area (Å²) in [7, 11) is 3.01. The molecule has 0 heterocycles. The molecule has 0 bridgehead atoms. The summed E-state index contributed by atoms with van der Waals surface area (Å²) in [6, 6.07) is 17.9. The predicted molar refractivity (Wildman–Crippen MR) is 90.1 cm³/mol. The first-order valence-electron chi connectivity index (χ1n) is 6.85. The number of carbonyl (C=O) groups is 1. The fourth-order valence-corrected chi connectivity index (χ4v) is 2.90. The largest absolute Gasteiger partial charge is 0.398 e. The fraction of sp³-hybridized carbons (Fsp3) is 0.176. The van der Waals surface area contributed by atoms with Gasteiger partial charge in [0, 0.05) is 23.3 Å². The highest BCUT2D eigenvalue weighted by Crippen LogP contribution is 2.24. The molecule has 0 saturated heterocycles. The highest BCUT2D eigenvalue weighted by molar-refractivity contribution is 7.98. The predicted octanol–water partition coefficient (Wildman–Crippen LogP) is 3.08. The van der Waals surface area contributed by atoms with E-state index >= 15 is 0 Å². The van der Waals surface area contributed by atoms with Gasteiger partial charge in [-0.1, -0.05) is 47.6 Å². The van der Waals surface area contributed by atoms with Crippen LogP contribution in [-0.4, -0.2) is 25.8 Å². The minimum Gasteiger partial charge on any atom is -0.398 e. The van der Waals surface area contributed by atoms with Crippen LogP contribution in [0.4, 0.5) is 0 Å². The molecular formula is C17H18N2O2S. The van der Waals surface area contributed by atoms with Crippen molar-refractivity contribution in [2.45, 2.75) is 10.6 Å². The minimum atomic E-state index is -0.265. The second kappa shape index (κ2) is 8.24. The monoisotopic (exact) mass is 314 g/mol. The van der Waals surface area contributed by atoms with Crippen molar-refractivity contribution in [3.05, 3.63) is 65.7 Å². The first-order valence-corrected chi connectivity index (χ1v) is 7.84. The van der Waals surface area contributed by atoms with Crippen LogP contribution in [-0.2, 0) is 15.4 Å². The lowest BCUT2D eigenvalue weighted by atomic mass is 10.0. The van der Waals surface area contributed by atoms with E-state index in [-0.39, 0.29) is 11.6 Å². The van der Waals surface area contributed by atoms with Crippen LogP contribution < -0.4 is 5.32 Å². The van der Waals surface area contributed by atoms with Crippen LogP contribution in [0.15, 0.2) is 64.6 Å². The molecule has 0 aromatic heterocycles. The molecule has 0 radical (unpaired) electrons. The van der Waals surface area contributed by atoms with Gasteiger partial charge in [0.15, 0.2) is 5.71 Å². The fourth-order valence-electron chi connectivity index (χ4n) is 1.98. The zero-order chi connectivity index (χ0) is 15.8. The molecule has 2 rings (SSSR count). The molecule has 0 atom stereocenters. The maximum absolute atomic E-state index is 12.0. The summed E-state index contributed by atoms with van der Waals surface area (Å²) >= 11 is 1.71. The maximum Gasteiger partial charge on any atom is 0.273 e. The number of oxime groups is 1. The molecule has 0 aliphatic carbocycles. The third-order valence-corrected chi connectivity index (χ3v) is 4.10. The normalized spacial score (nSPS) is 11.1. The van der Waals surface area contributed by atoms with Gasteiger partial charge >= 0.3 is 0 Å². The van der Waals surface area contributed by atoms with Crippen molar-refractivity contribution in [1.82, 2.24) is 5.32 Å². The maximum atomic E-state index is 12.0. The Bertz CT molecular complexity index is 657. The molecule has 5 heteroatoms. The third kappa shape index (κ3) is 4.11. The molecule has 0 aliphatic rings. The number of thioether (sulfide) groups is 1. The van der Waals surface area contributed by atoms with E-state index in [0.717, 1.165) is 16.9 Å². The second-order valence-corrected chi connectivity index (χ2v) is 5.51. The van der Waals surface area contributed by atoms with Gasteiger partial charge in [0.05, 0.1) is 0 Å². The van der Waals surface area contributed by atoms with Gasteiger partial charge in [0.25, 0.3) is 5.91 Å². The SMILES string of the molecule is CNC(=O)C(=NOC)c1ccccc1CSc1ccccc1. The van der Waals surface area contributed by atoms with E-state index in [1.807, 2.05) is 42.5 Å². The van der Waals surface area contributed by atoms with Gasteiger partial charge in [-0.3, -0.25) is 4.79 Å². The lowest BCUT2D eigenvalue weighted by Gasteiger charge is -2.10. The summed E-state index contributed by atoms with van der Waals surface area (Å²) in [5, 5.41) is 6.47. The quantitative estimate of drug-likeness (QED) is 0.506. The van der Waals surface area contributed by atoms with Crippen LogP contribution in [0.2, 0.25) is 0 Å². The van der Waals surface area contributed by atoms with E-state index in [1.165, 1.54) is 12.0 Å². The summed E-state index contributed by atoms with van der Waals surface area (Å²) in [5.74, 6) is 0.485. The average Bonchev–Trinajstić information content (AvgIpc) is 2.58. The molecule has 0 spiro atoms. The molecule has 1 N–H and O–H groups in total. The van der Waals surface area contributed by atoms with E-state index in [2.05, 4.69) is 22.6 Å². The Labute approximate surface area is 134 Å². The van der Waals surface area contributed by atoms with Gasteiger partial charge < -0.3 is 10.2 Å². The van der Waals surface area contributed by atoms with E-state index in [4.69, 9.17) is 4.84 Å². The highest BCUT2D eigenvalue weighted by Gasteiger charge is 2.17. The molecule has 22 heavy (non-hydrogen) atoms. The number of carbonyl (C=O) groups excluding carboxylic acids is 1. The minimum absolute atomic E-state index is 0.265. The summed E-state index contributed by atoms with van der Waals surface area (Å²) < 4.78 is 0. The number of likely N-dealkylation sites (N-methyl/N-ethyl adjacent to an activating group) is 1. The number of nitrogens with one attached hydrogen (secondary N) is 1. The summed E-state index contributed by atoms with van der Waals surface area (Å²) in [6.07, 6.45) is 0. The zero-order valence-corrected chi connectivity index (χ0v) is 13.4.